The van der Waals surface area contributed by atoms with Crippen LogP contribution in [0, 0.1) is 0 Å². The van der Waals surface area contributed by atoms with Gasteiger partial charge in [-0.05, 0) is 38.5 Å². The van der Waals surface area contributed by atoms with Gasteiger partial charge in [-0.1, -0.05) is 13.3 Å². The first-order valence-electron chi connectivity index (χ1n) is 6.40. The minimum atomic E-state index is -1.22. The van der Waals surface area contributed by atoms with Crippen molar-refractivity contribution in [2.24, 2.45) is 0 Å². The number of amides is 2. The predicted octanol–water partition coefficient (Wildman–Crippen LogP) is 2.79. The van der Waals surface area contributed by atoms with E-state index >= 15 is 0 Å². The molecule has 1 rings (SSSR count). The highest BCUT2D eigenvalue weighted by Gasteiger charge is 2.20. The van der Waals surface area contributed by atoms with Crippen molar-refractivity contribution in [1.29, 1.82) is 0 Å². The fourth-order valence-electron chi connectivity index (χ4n) is 1.97. The van der Waals surface area contributed by atoms with E-state index in [9.17, 15) is 14.7 Å². The van der Waals surface area contributed by atoms with Gasteiger partial charge in [0.05, 0.1) is 11.3 Å². The van der Waals surface area contributed by atoms with Crippen LogP contribution in [0.1, 0.15) is 44.0 Å². The first-order valence-corrected chi connectivity index (χ1v) is 6.40. The molecule has 20 heavy (non-hydrogen) atoms. The maximum Gasteiger partial charge on any atom is 0.337 e. The number of benzene rings is 1. The Bertz CT molecular complexity index is 512. The molecular formula is C14H20N2O4. The summed E-state index contributed by atoms with van der Waals surface area (Å²) < 4.78 is 0. The van der Waals surface area contributed by atoms with Gasteiger partial charge in [0.1, 0.15) is 5.75 Å². The molecule has 0 atom stereocenters. The van der Waals surface area contributed by atoms with Gasteiger partial charge in [0.25, 0.3) is 0 Å². The first-order chi connectivity index (χ1) is 9.25. The van der Waals surface area contributed by atoms with Crippen LogP contribution in [0.2, 0.25) is 0 Å². The predicted molar refractivity (Wildman–Crippen MR) is 76.2 cm³/mol. The Morgan fingerprint density at radius 2 is 1.95 bits per heavy atom. The summed E-state index contributed by atoms with van der Waals surface area (Å²) in [6.07, 6.45) is 1.73. The van der Waals surface area contributed by atoms with Crippen LogP contribution in [0.15, 0.2) is 18.2 Å². The van der Waals surface area contributed by atoms with Gasteiger partial charge < -0.3 is 20.8 Å². The third-order valence-corrected chi connectivity index (χ3v) is 2.81. The Labute approximate surface area is 117 Å². The van der Waals surface area contributed by atoms with Crippen LogP contribution in [-0.4, -0.2) is 27.8 Å². The van der Waals surface area contributed by atoms with Crippen molar-refractivity contribution < 1.29 is 19.8 Å². The zero-order chi connectivity index (χ0) is 15.3. The molecule has 0 saturated carbocycles. The lowest BCUT2D eigenvalue weighted by atomic mass is 9.99. The largest absolute Gasteiger partial charge is 0.508 e. The summed E-state index contributed by atoms with van der Waals surface area (Å²) in [6.45, 7) is 5.81. The molecule has 0 unspecified atom stereocenters. The van der Waals surface area contributed by atoms with E-state index in [2.05, 4.69) is 10.6 Å². The van der Waals surface area contributed by atoms with Crippen molar-refractivity contribution >= 4 is 17.7 Å². The minimum Gasteiger partial charge on any atom is -0.508 e. The normalized spacial score (nSPS) is 10.9. The maximum atomic E-state index is 11.9. The van der Waals surface area contributed by atoms with Gasteiger partial charge >= 0.3 is 12.0 Å². The lowest BCUT2D eigenvalue weighted by molar-refractivity contribution is 0.0697. The summed E-state index contributed by atoms with van der Waals surface area (Å²) in [5.41, 5.74) is -0.396. The molecule has 0 aromatic heterocycles. The summed E-state index contributed by atoms with van der Waals surface area (Å²) in [6, 6.07) is 3.29. The quantitative estimate of drug-likeness (QED) is 0.623. The van der Waals surface area contributed by atoms with Crippen molar-refractivity contribution in [2.75, 3.05) is 5.32 Å². The third kappa shape index (κ3) is 4.46. The highest BCUT2D eigenvalue weighted by atomic mass is 16.4. The molecule has 0 fully saturated rings. The van der Waals surface area contributed by atoms with E-state index < -0.39 is 12.0 Å². The Kier molecular flexibility index (Phi) is 4.96. The van der Waals surface area contributed by atoms with Crippen molar-refractivity contribution in [3.05, 3.63) is 23.8 Å². The van der Waals surface area contributed by atoms with Gasteiger partial charge in [0, 0.05) is 5.54 Å². The molecule has 1 aromatic carbocycles. The lowest BCUT2D eigenvalue weighted by Crippen LogP contribution is -2.45. The molecule has 0 spiro atoms. The SMILES string of the molecule is CCCC(C)(C)NC(=O)Nc1ccc(O)cc1C(=O)O. The number of phenolic OH excluding ortho intramolecular Hbond substituents is 1. The van der Waals surface area contributed by atoms with Crippen LogP contribution >= 0.6 is 0 Å². The Morgan fingerprint density at radius 3 is 2.50 bits per heavy atom. The zero-order valence-electron chi connectivity index (χ0n) is 11.9. The number of carboxylic acids is 1. The van der Waals surface area contributed by atoms with Crippen molar-refractivity contribution in [3.8, 4) is 5.75 Å². The second-order valence-electron chi connectivity index (χ2n) is 5.25. The van der Waals surface area contributed by atoms with Crippen molar-refractivity contribution in [1.82, 2.24) is 5.32 Å². The second kappa shape index (κ2) is 6.27. The number of nitrogens with one attached hydrogen (secondary N) is 2. The van der Waals surface area contributed by atoms with Gasteiger partial charge in [0.2, 0.25) is 0 Å². The molecule has 0 bridgehead atoms. The summed E-state index contributed by atoms with van der Waals surface area (Å²) in [4.78, 5) is 22.9. The molecule has 0 aliphatic heterocycles. The van der Waals surface area contributed by atoms with Crippen LogP contribution in [0.3, 0.4) is 0 Å². The van der Waals surface area contributed by atoms with Gasteiger partial charge in [-0.2, -0.15) is 0 Å². The highest BCUT2D eigenvalue weighted by Crippen LogP contribution is 2.21. The molecule has 0 heterocycles. The van der Waals surface area contributed by atoms with Crippen LogP contribution < -0.4 is 10.6 Å². The maximum absolute atomic E-state index is 11.9. The number of hydrogen-bond acceptors (Lipinski definition) is 3. The lowest BCUT2D eigenvalue weighted by Gasteiger charge is -2.26. The number of phenols is 1. The smallest absolute Gasteiger partial charge is 0.337 e. The van der Waals surface area contributed by atoms with Crippen molar-refractivity contribution in [2.45, 2.75) is 39.2 Å². The molecule has 6 nitrogen and oxygen atoms in total. The fraction of sp³-hybridized carbons (Fsp3) is 0.429. The van der Waals surface area contributed by atoms with Gasteiger partial charge in [-0.3, -0.25) is 0 Å². The number of anilines is 1. The molecule has 1 aromatic rings. The van der Waals surface area contributed by atoms with Gasteiger partial charge in [0.15, 0.2) is 0 Å². The summed E-state index contributed by atoms with van der Waals surface area (Å²) in [5.74, 6) is -1.39. The minimum absolute atomic E-state index is 0.139. The molecule has 0 saturated heterocycles. The molecule has 0 radical (unpaired) electrons. The molecule has 4 N–H and O–H groups in total. The Morgan fingerprint density at radius 1 is 1.30 bits per heavy atom. The Hall–Kier alpha value is -2.24. The number of aromatic hydroxyl groups is 1. The van der Waals surface area contributed by atoms with E-state index in [0.717, 1.165) is 18.9 Å². The van der Waals surface area contributed by atoms with Crippen LogP contribution in [0.4, 0.5) is 10.5 Å². The highest BCUT2D eigenvalue weighted by molar-refractivity contribution is 6.00. The average molecular weight is 280 g/mol. The van der Waals surface area contributed by atoms with E-state index in [0.29, 0.717) is 0 Å². The standard InChI is InChI=1S/C14H20N2O4/c1-4-7-14(2,3)16-13(20)15-11-6-5-9(17)8-10(11)12(18)19/h5-6,8,17H,4,7H2,1-3H3,(H,18,19)(H2,15,16,20). The van der Waals surface area contributed by atoms with E-state index in [1.54, 1.807) is 0 Å². The van der Waals surface area contributed by atoms with Gasteiger partial charge in [-0.15, -0.1) is 0 Å². The summed E-state index contributed by atoms with van der Waals surface area (Å²) in [7, 11) is 0. The first kappa shape index (κ1) is 15.8. The summed E-state index contributed by atoms with van der Waals surface area (Å²) in [5, 5.41) is 23.6. The molecular weight excluding hydrogens is 260 g/mol. The van der Waals surface area contributed by atoms with E-state index in [4.69, 9.17) is 5.11 Å². The molecule has 2 amide bonds. The third-order valence-electron chi connectivity index (χ3n) is 2.81. The number of hydrogen-bond donors (Lipinski definition) is 4. The number of aromatic carboxylic acids is 1. The van der Waals surface area contributed by atoms with Crippen LogP contribution in [0.5, 0.6) is 5.75 Å². The number of urea groups is 1. The van der Waals surface area contributed by atoms with E-state index in [-0.39, 0.29) is 22.5 Å². The van der Waals surface area contributed by atoms with Crippen LogP contribution in [0.25, 0.3) is 0 Å². The number of carboxylic acid groups (broad SMARTS) is 1. The van der Waals surface area contributed by atoms with Crippen molar-refractivity contribution in [3.63, 3.8) is 0 Å². The Balaban J connectivity index is 2.83. The average Bonchev–Trinajstić information content (AvgIpc) is 2.30. The monoisotopic (exact) mass is 280 g/mol. The second-order valence-corrected chi connectivity index (χ2v) is 5.25. The molecule has 0 aliphatic carbocycles. The van der Waals surface area contributed by atoms with Crippen LogP contribution in [-0.2, 0) is 0 Å². The number of carbonyl (C=O) groups excluding carboxylic acids is 1. The number of carbonyl (C=O) groups is 2. The summed E-state index contributed by atoms with van der Waals surface area (Å²) >= 11 is 0. The van der Waals surface area contributed by atoms with E-state index in [1.165, 1.54) is 12.1 Å². The zero-order valence-corrected chi connectivity index (χ0v) is 11.9. The van der Waals surface area contributed by atoms with E-state index in [1.807, 2.05) is 20.8 Å². The fourth-order valence-corrected chi connectivity index (χ4v) is 1.97. The van der Waals surface area contributed by atoms with Gasteiger partial charge in [-0.25, -0.2) is 9.59 Å². The molecule has 6 heteroatoms. The number of rotatable bonds is 5. The molecule has 0 aliphatic rings. The topological polar surface area (TPSA) is 98.7 Å². The molecule has 110 valence electrons.